The summed E-state index contributed by atoms with van der Waals surface area (Å²) in [5.74, 6) is 0. The summed E-state index contributed by atoms with van der Waals surface area (Å²) in [6.45, 7) is 4.40. The summed E-state index contributed by atoms with van der Waals surface area (Å²) in [6, 6.07) is 9.54. The predicted octanol–water partition coefficient (Wildman–Crippen LogP) is 2.52. The van der Waals surface area contributed by atoms with Gasteiger partial charge in [-0.15, -0.1) is 0 Å². The summed E-state index contributed by atoms with van der Waals surface area (Å²) < 4.78 is 0. The summed E-state index contributed by atoms with van der Waals surface area (Å²) in [5, 5.41) is 12.7. The molecule has 0 spiro atoms. The van der Waals surface area contributed by atoms with E-state index in [0.29, 0.717) is 6.04 Å². The van der Waals surface area contributed by atoms with Crippen LogP contribution in [-0.2, 0) is 0 Å². The van der Waals surface area contributed by atoms with Crippen molar-refractivity contribution in [2.24, 2.45) is 0 Å². The van der Waals surface area contributed by atoms with Crippen LogP contribution in [0.4, 0.5) is 5.69 Å². The van der Waals surface area contributed by atoms with E-state index in [1.807, 2.05) is 12.1 Å². The first kappa shape index (κ1) is 11.6. The van der Waals surface area contributed by atoms with Crippen LogP contribution in [0.5, 0.6) is 0 Å². The van der Waals surface area contributed by atoms with Gasteiger partial charge in [-0.2, -0.15) is 5.26 Å². The number of nitrogens with zero attached hydrogens (tertiary/aromatic N) is 2. The molecule has 0 amide bonds. The molecule has 1 saturated carbocycles. The summed E-state index contributed by atoms with van der Waals surface area (Å²) >= 11 is 0. The second-order valence-corrected chi connectivity index (χ2v) is 5.47. The minimum Gasteiger partial charge on any atom is -0.380 e. The molecule has 1 aromatic carbocycles. The van der Waals surface area contributed by atoms with Crippen LogP contribution in [-0.4, -0.2) is 30.1 Å². The van der Waals surface area contributed by atoms with Crippen LogP contribution in [0.15, 0.2) is 18.2 Å². The third kappa shape index (κ3) is 2.21. The molecule has 2 aliphatic rings. The maximum absolute atomic E-state index is 9.17. The van der Waals surface area contributed by atoms with E-state index in [1.54, 1.807) is 0 Å². The van der Waals surface area contributed by atoms with E-state index < -0.39 is 0 Å². The highest BCUT2D eigenvalue weighted by atomic mass is 15.2. The molecule has 1 aliphatic heterocycles. The number of rotatable bonds is 3. The molecule has 1 N–H and O–H groups in total. The first-order chi connectivity index (χ1) is 8.78. The monoisotopic (exact) mass is 241 g/mol. The van der Waals surface area contributed by atoms with Crippen LogP contribution in [0.2, 0.25) is 0 Å². The topological polar surface area (TPSA) is 39.1 Å². The number of para-hydroxylation sites is 1. The number of aryl methyl sites for hydroxylation is 1. The van der Waals surface area contributed by atoms with Crippen molar-refractivity contribution in [2.45, 2.75) is 38.3 Å². The largest absolute Gasteiger partial charge is 0.380 e. The van der Waals surface area contributed by atoms with Gasteiger partial charge in [0.25, 0.3) is 0 Å². The van der Waals surface area contributed by atoms with E-state index in [-0.39, 0.29) is 0 Å². The van der Waals surface area contributed by atoms with Gasteiger partial charge >= 0.3 is 0 Å². The van der Waals surface area contributed by atoms with Gasteiger partial charge in [-0.05, 0) is 37.8 Å². The molecule has 0 aromatic heterocycles. The van der Waals surface area contributed by atoms with E-state index in [1.165, 1.54) is 31.4 Å². The van der Waals surface area contributed by atoms with E-state index in [9.17, 15) is 0 Å². The van der Waals surface area contributed by atoms with Crippen LogP contribution in [0.3, 0.4) is 0 Å². The molecule has 1 saturated heterocycles. The molecule has 0 radical (unpaired) electrons. The van der Waals surface area contributed by atoms with Crippen LogP contribution in [0, 0.1) is 18.3 Å². The van der Waals surface area contributed by atoms with Crippen molar-refractivity contribution in [3.05, 3.63) is 29.3 Å². The number of benzene rings is 1. The normalized spacial score (nSPS) is 23.9. The minimum atomic E-state index is 0.499. The second kappa shape index (κ2) is 4.62. The molecule has 1 aromatic rings. The number of likely N-dealkylation sites (tertiary alicyclic amines) is 1. The fraction of sp³-hybridized carbons (Fsp3) is 0.533. The van der Waals surface area contributed by atoms with E-state index in [0.717, 1.165) is 23.8 Å². The van der Waals surface area contributed by atoms with Gasteiger partial charge in [-0.3, -0.25) is 4.90 Å². The number of nitrogens with one attached hydrogen (secondary N) is 1. The van der Waals surface area contributed by atoms with Crippen molar-refractivity contribution in [2.75, 3.05) is 18.4 Å². The molecule has 3 rings (SSSR count). The molecular formula is C15H19N3. The zero-order valence-corrected chi connectivity index (χ0v) is 10.8. The molecule has 2 fully saturated rings. The van der Waals surface area contributed by atoms with Crippen LogP contribution in [0.1, 0.15) is 30.4 Å². The Labute approximate surface area is 108 Å². The molecular weight excluding hydrogens is 222 g/mol. The van der Waals surface area contributed by atoms with Gasteiger partial charge in [0.2, 0.25) is 0 Å². The van der Waals surface area contributed by atoms with Gasteiger partial charge in [0.15, 0.2) is 0 Å². The molecule has 1 atom stereocenters. The van der Waals surface area contributed by atoms with Crippen LogP contribution >= 0.6 is 0 Å². The lowest BCUT2D eigenvalue weighted by molar-refractivity contribution is 0.326. The van der Waals surface area contributed by atoms with Crippen molar-refractivity contribution < 1.29 is 0 Å². The standard InChI is InChI=1S/C15H19N3/c1-11-3-2-4-12(9-16)15(11)17-13-7-8-18(10-13)14-5-6-14/h2-4,13-14,17H,5-8,10H2,1H3. The van der Waals surface area contributed by atoms with Crippen molar-refractivity contribution >= 4 is 5.69 Å². The molecule has 1 heterocycles. The molecule has 3 heteroatoms. The molecule has 18 heavy (non-hydrogen) atoms. The predicted molar refractivity (Wildman–Crippen MR) is 72.5 cm³/mol. The van der Waals surface area contributed by atoms with Gasteiger partial charge in [-0.1, -0.05) is 12.1 Å². The molecule has 3 nitrogen and oxygen atoms in total. The highest BCUT2D eigenvalue weighted by Crippen LogP contribution is 2.31. The number of hydrogen-bond donors (Lipinski definition) is 1. The quantitative estimate of drug-likeness (QED) is 0.883. The summed E-state index contributed by atoms with van der Waals surface area (Å²) in [4.78, 5) is 2.59. The van der Waals surface area contributed by atoms with E-state index in [4.69, 9.17) is 5.26 Å². The van der Waals surface area contributed by atoms with Gasteiger partial charge < -0.3 is 5.32 Å². The smallest absolute Gasteiger partial charge is 0.101 e. The van der Waals surface area contributed by atoms with Gasteiger partial charge in [0.05, 0.1) is 11.3 Å². The SMILES string of the molecule is Cc1cccc(C#N)c1NC1CCN(C2CC2)C1. The molecule has 1 aliphatic carbocycles. The van der Waals surface area contributed by atoms with Gasteiger partial charge in [0, 0.05) is 25.2 Å². The average Bonchev–Trinajstić information content (AvgIpc) is 3.12. The Morgan fingerprint density at radius 1 is 1.33 bits per heavy atom. The van der Waals surface area contributed by atoms with Crippen LogP contribution in [0.25, 0.3) is 0 Å². The number of nitriles is 1. The summed E-state index contributed by atoms with van der Waals surface area (Å²) in [5.41, 5.74) is 2.96. The Bertz CT molecular complexity index is 485. The van der Waals surface area contributed by atoms with Gasteiger partial charge in [-0.25, -0.2) is 0 Å². The fourth-order valence-electron chi connectivity index (χ4n) is 2.83. The zero-order valence-electron chi connectivity index (χ0n) is 10.8. The first-order valence-corrected chi connectivity index (χ1v) is 6.78. The third-order valence-electron chi connectivity index (χ3n) is 4.02. The molecule has 0 bridgehead atoms. The Morgan fingerprint density at radius 2 is 2.17 bits per heavy atom. The third-order valence-corrected chi connectivity index (χ3v) is 4.02. The lowest BCUT2D eigenvalue weighted by Crippen LogP contribution is -2.28. The molecule has 1 unspecified atom stereocenters. The molecule has 94 valence electrons. The van der Waals surface area contributed by atoms with E-state index in [2.05, 4.69) is 29.3 Å². The summed E-state index contributed by atoms with van der Waals surface area (Å²) in [6.07, 6.45) is 3.94. The van der Waals surface area contributed by atoms with Crippen molar-refractivity contribution in [1.82, 2.24) is 4.90 Å². The number of anilines is 1. The summed E-state index contributed by atoms with van der Waals surface area (Å²) in [7, 11) is 0. The number of hydrogen-bond acceptors (Lipinski definition) is 3. The van der Waals surface area contributed by atoms with Gasteiger partial charge in [0.1, 0.15) is 6.07 Å². The van der Waals surface area contributed by atoms with E-state index >= 15 is 0 Å². The lowest BCUT2D eigenvalue weighted by atomic mass is 10.1. The van der Waals surface area contributed by atoms with Crippen molar-refractivity contribution in [3.63, 3.8) is 0 Å². The Hall–Kier alpha value is -1.53. The average molecular weight is 241 g/mol. The Balaban J connectivity index is 1.71. The lowest BCUT2D eigenvalue weighted by Gasteiger charge is -2.18. The maximum Gasteiger partial charge on any atom is 0.101 e. The Kier molecular flexibility index (Phi) is 2.97. The highest BCUT2D eigenvalue weighted by molar-refractivity contribution is 5.62. The Morgan fingerprint density at radius 3 is 2.89 bits per heavy atom. The minimum absolute atomic E-state index is 0.499. The highest BCUT2D eigenvalue weighted by Gasteiger charge is 2.34. The van der Waals surface area contributed by atoms with Crippen LogP contribution < -0.4 is 5.32 Å². The van der Waals surface area contributed by atoms with Crippen molar-refractivity contribution in [3.8, 4) is 6.07 Å². The van der Waals surface area contributed by atoms with Crippen molar-refractivity contribution in [1.29, 1.82) is 5.26 Å². The zero-order chi connectivity index (χ0) is 12.5. The maximum atomic E-state index is 9.17. The fourth-order valence-corrected chi connectivity index (χ4v) is 2.83. The second-order valence-electron chi connectivity index (χ2n) is 5.47. The first-order valence-electron chi connectivity index (χ1n) is 6.78.